The Morgan fingerprint density at radius 3 is 2.56 bits per heavy atom. The lowest BCUT2D eigenvalue weighted by atomic mass is 9.98. The fourth-order valence-electron chi connectivity index (χ4n) is 3.29. The zero-order chi connectivity index (χ0) is 23.3. The van der Waals surface area contributed by atoms with E-state index >= 15 is 0 Å². The molecule has 0 fully saturated rings. The Hall–Kier alpha value is -3.29. The third kappa shape index (κ3) is 5.90. The first-order valence-electron chi connectivity index (χ1n) is 10.0. The van der Waals surface area contributed by atoms with Gasteiger partial charge in [0.1, 0.15) is 11.5 Å². The average Bonchev–Trinajstić information content (AvgIpc) is 3.26. The van der Waals surface area contributed by atoms with E-state index in [1.165, 1.54) is 18.2 Å². The van der Waals surface area contributed by atoms with Gasteiger partial charge in [0.2, 0.25) is 0 Å². The number of carbonyl (C=O) groups is 2. The Kier molecular flexibility index (Phi) is 7.56. The van der Waals surface area contributed by atoms with Gasteiger partial charge in [0.25, 0.3) is 5.91 Å². The summed E-state index contributed by atoms with van der Waals surface area (Å²) in [5, 5.41) is 21.9. The maximum absolute atomic E-state index is 12.6. The molecule has 0 spiro atoms. The number of carboxylic acid groups (broad SMARTS) is 1. The minimum atomic E-state index is -1.04. The second kappa shape index (κ2) is 10.3. The van der Waals surface area contributed by atoms with Crippen molar-refractivity contribution in [3.05, 3.63) is 76.5 Å². The standard InChI is InChI=1S/C24H24ClNO6/c1-14(2)32-22(24(29)30)11-15-5-7-18(21-4-3-9-31-21)16(10-15)13-26-23(28)19-8-6-17(27)12-20(19)25/h3-10,12,14,22,27H,11,13H2,1-2H3,(H,26,28)(H,29,30). The number of amides is 1. The minimum Gasteiger partial charge on any atom is -0.508 e. The summed E-state index contributed by atoms with van der Waals surface area (Å²) < 4.78 is 11.0. The summed E-state index contributed by atoms with van der Waals surface area (Å²) in [6.45, 7) is 3.72. The van der Waals surface area contributed by atoms with Crippen molar-refractivity contribution in [3.8, 4) is 17.1 Å². The summed E-state index contributed by atoms with van der Waals surface area (Å²) in [5.74, 6) is -0.851. The zero-order valence-electron chi connectivity index (χ0n) is 17.7. The summed E-state index contributed by atoms with van der Waals surface area (Å²) in [4.78, 5) is 24.2. The number of benzene rings is 2. The summed E-state index contributed by atoms with van der Waals surface area (Å²) in [6.07, 6.45) is 0.519. The van der Waals surface area contributed by atoms with Gasteiger partial charge in [-0.05, 0) is 55.3 Å². The molecule has 1 amide bonds. The van der Waals surface area contributed by atoms with Crippen LogP contribution >= 0.6 is 11.6 Å². The number of hydrogen-bond donors (Lipinski definition) is 3. The molecular weight excluding hydrogens is 434 g/mol. The maximum atomic E-state index is 12.6. The molecule has 3 N–H and O–H groups in total. The van der Waals surface area contributed by atoms with Gasteiger partial charge >= 0.3 is 5.97 Å². The van der Waals surface area contributed by atoms with Gasteiger partial charge in [-0.25, -0.2) is 4.79 Å². The largest absolute Gasteiger partial charge is 0.508 e. The van der Waals surface area contributed by atoms with E-state index in [4.69, 9.17) is 20.8 Å². The van der Waals surface area contributed by atoms with E-state index in [1.807, 2.05) is 18.2 Å². The molecule has 1 atom stereocenters. The fourth-order valence-corrected chi connectivity index (χ4v) is 3.55. The predicted octanol–water partition coefficient (Wildman–Crippen LogP) is 4.66. The summed E-state index contributed by atoms with van der Waals surface area (Å²) in [5.41, 5.74) is 2.50. The molecule has 168 valence electrons. The van der Waals surface area contributed by atoms with Crippen LogP contribution in [-0.4, -0.2) is 34.3 Å². The Morgan fingerprint density at radius 2 is 1.94 bits per heavy atom. The monoisotopic (exact) mass is 457 g/mol. The molecule has 3 rings (SSSR count). The quantitative estimate of drug-likeness (QED) is 0.431. The summed E-state index contributed by atoms with van der Waals surface area (Å²) >= 11 is 6.07. The van der Waals surface area contributed by atoms with Crippen LogP contribution in [0.25, 0.3) is 11.3 Å². The number of halogens is 1. The molecular formula is C24H24ClNO6. The van der Waals surface area contributed by atoms with E-state index in [1.54, 1.807) is 32.2 Å². The van der Waals surface area contributed by atoms with Crippen LogP contribution in [-0.2, 0) is 22.5 Å². The Bertz CT molecular complexity index is 1090. The van der Waals surface area contributed by atoms with Gasteiger partial charge in [0.15, 0.2) is 6.10 Å². The van der Waals surface area contributed by atoms with Gasteiger partial charge in [-0.2, -0.15) is 0 Å². The predicted molar refractivity (Wildman–Crippen MR) is 120 cm³/mol. The van der Waals surface area contributed by atoms with Crippen LogP contribution in [0.4, 0.5) is 0 Å². The zero-order valence-corrected chi connectivity index (χ0v) is 18.4. The Labute approximate surface area is 190 Å². The number of hydrogen-bond acceptors (Lipinski definition) is 5. The highest BCUT2D eigenvalue weighted by Crippen LogP contribution is 2.27. The number of carboxylic acids is 1. The van der Waals surface area contributed by atoms with Crippen LogP contribution in [0.1, 0.15) is 35.3 Å². The molecule has 0 aliphatic heterocycles. The van der Waals surface area contributed by atoms with Gasteiger partial charge < -0.3 is 24.7 Å². The summed E-state index contributed by atoms with van der Waals surface area (Å²) in [6, 6.07) is 13.2. The van der Waals surface area contributed by atoms with E-state index in [0.29, 0.717) is 5.76 Å². The molecule has 0 radical (unpaired) electrons. The molecule has 7 nitrogen and oxygen atoms in total. The lowest BCUT2D eigenvalue weighted by Crippen LogP contribution is -2.29. The highest BCUT2D eigenvalue weighted by molar-refractivity contribution is 6.34. The van der Waals surface area contributed by atoms with Crippen molar-refractivity contribution in [2.75, 3.05) is 0 Å². The van der Waals surface area contributed by atoms with Crippen molar-refractivity contribution < 1.29 is 29.0 Å². The number of phenols is 1. The Balaban J connectivity index is 1.85. The first-order valence-corrected chi connectivity index (χ1v) is 10.4. The van der Waals surface area contributed by atoms with Crippen molar-refractivity contribution in [1.82, 2.24) is 5.32 Å². The third-order valence-electron chi connectivity index (χ3n) is 4.73. The first-order chi connectivity index (χ1) is 15.2. The fraction of sp³-hybridized carbons (Fsp3) is 0.250. The van der Waals surface area contributed by atoms with Crippen molar-refractivity contribution >= 4 is 23.5 Å². The van der Waals surface area contributed by atoms with E-state index in [0.717, 1.165) is 16.7 Å². The second-order valence-corrected chi connectivity index (χ2v) is 7.94. The van der Waals surface area contributed by atoms with Crippen LogP contribution in [0.2, 0.25) is 5.02 Å². The highest BCUT2D eigenvalue weighted by atomic mass is 35.5. The average molecular weight is 458 g/mol. The minimum absolute atomic E-state index is 0.0315. The van der Waals surface area contributed by atoms with Gasteiger partial charge in [-0.15, -0.1) is 0 Å². The number of aliphatic carboxylic acids is 1. The highest BCUT2D eigenvalue weighted by Gasteiger charge is 2.21. The molecule has 1 aromatic heterocycles. The number of rotatable bonds is 9. The summed E-state index contributed by atoms with van der Waals surface area (Å²) in [7, 11) is 0. The molecule has 0 saturated carbocycles. The third-order valence-corrected chi connectivity index (χ3v) is 5.04. The van der Waals surface area contributed by atoms with Gasteiger partial charge in [0.05, 0.1) is 23.0 Å². The normalized spacial score (nSPS) is 12.0. The van der Waals surface area contributed by atoms with Crippen LogP contribution in [0.5, 0.6) is 5.75 Å². The molecule has 3 aromatic rings. The van der Waals surface area contributed by atoms with Crippen LogP contribution < -0.4 is 5.32 Å². The topological polar surface area (TPSA) is 109 Å². The SMILES string of the molecule is CC(C)OC(Cc1ccc(-c2ccco2)c(CNC(=O)c2ccc(O)cc2Cl)c1)C(=O)O. The number of phenolic OH excluding ortho intramolecular Hbond substituents is 1. The molecule has 1 unspecified atom stereocenters. The van der Waals surface area contributed by atoms with Crippen molar-refractivity contribution in [2.45, 2.75) is 39.0 Å². The molecule has 0 saturated heterocycles. The molecule has 0 aliphatic carbocycles. The number of carbonyl (C=O) groups excluding carboxylic acids is 1. The van der Waals surface area contributed by atoms with E-state index < -0.39 is 18.0 Å². The van der Waals surface area contributed by atoms with Gasteiger partial charge in [-0.3, -0.25) is 4.79 Å². The smallest absolute Gasteiger partial charge is 0.333 e. The van der Waals surface area contributed by atoms with Crippen molar-refractivity contribution in [1.29, 1.82) is 0 Å². The number of ether oxygens (including phenoxy) is 1. The maximum Gasteiger partial charge on any atom is 0.333 e. The Morgan fingerprint density at radius 1 is 1.16 bits per heavy atom. The van der Waals surface area contributed by atoms with Gasteiger partial charge in [0, 0.05) is 18.5 Å². The number of nitrogens with one attached hydrogen (secondary N) is 1. The van der Waals surface area contributed by atoms with E-state index in [9.17, 15) is 19.8 Å². The van der Waals surface area contributed by atoms with Crippen LogP contribution in [0, 0.1) is 0 Å². The van der Waals surface area contributed by atoms with Crippen molar-refractivity contribution in [2.24, 2.45) is 0 Å². The molecule has 1 heterocycles. The molecule has 0 bridgehead atoms. The molecule has 2 aromatic carbocycles. The number of aromatic hydroxyl groups is 1. The van der Waals surface area contributed by atoms with Crippen LogP contribution in [0.15, 0.2) is 59.2 Å². The van der Waals surface area contributed by atoms with Crippen molar-refractivity contribution in [3.63, 3.8) is 0 Å². The van der Waals surface area contributed by atoms with E-state index in [2.05, 4.69) is 5.32 Å². The lowest BCUT2D eigenvalue weighted by molar-refractivity contribution is -0.153. The van der Waals surface area contributed by atoms with Gasteiger partial charge in [-0.1, -0.05) is 29.8 Å². The molecule has 8 heteroatoms. The second-order valence-electron chi connectivity index (χ2n) is 7.53. The molecule has 32 heavy (non-hydrogen) atoms. The van der Waals surface area contributed by atoms with E-state index in [-0.39, 0.29) is 35.4 Å². The van der Waals surface area contributed by atoms with Crippen LogP contribution in [0.3, 0.4) is 0 Å². The number of furan rings is 1. The molecule has 0 aliphatic rings. The first kappa shape index (κ1) is 23.4. The lowest BCUT2D eigenvalue weighted by Gasteiger charge is -2.18.